The molecule has 0 bridgehead atoms. The number of hydrogen-bond donors (Lipinski definition) is 2. The lowest BCUT2D eigenvalue weighted by Crippen LogP contribution is -2.62. The van der Waals surface area contributed by atoms with Crippen LogP contribution >= 0.6 is 23.2 Å². The van der Waals surface area contributed by atoms with E-state index in [1.807, 2.05) is 24.1 Å². The highest BCUT2D eigenvalue weighted by molar-refractivity contribution is 6.42. The Morgan fingerprint density at radius 3 is 2.36 bits per heavy atom. The molecule has 2 aromatic carbocycles. The van der Waals surface area contributed by atoms with Gasteiger partial charge in [0.1, 0.15) is 11.6 Å². The molecule has 1 saturated heterocycles. The Morgan fingerprint density at radius 2 is 1.73 bits per heavy atom. The molecule has 0 saturated carbocycles. The van der Waals surface area contributed by atoms with Crippen molar-refractivity contribution in [2.75, 3.05) is 14.2 Å². The molecule has 2 heterocycles. The molecular weight excluding hydrogens is 459 g/mol. The van der Waals surface area contributed by atoms with Crippen LogP contribution in [0.2, 0.25) is 10.0 Å². The van der Waals surface area contributed by atoms with Gasteiger partial charge in [-0.15, -0.1) is 0 Å². The Kier molecular flexibility index (Phi) is 6.14. The number of carbonyl (C=O) groups is 1. The molecule has 1 fully saturated rings. The summed E-state index contributed by atoms with van der Waals surface area (Å²) in [4.78, 5) is 23.1. The smallest absolute Gasteiger partial charge is 0.253 e. The van der Waals surface area contributed by atoms with Gasteiger partial charge in [-0.25, -0.2) is 4.98 Å². The monoisotopic (exact) mass is 488 g/mol. The average Bonchev–Trinajstić information content (AvgIpc) is 3.12. The number of nitrogens with zero attached hydrogens (tertiary/aromatic N) is 2. The summed E-state index contributed by atoms with van der Waals surface area (Å²) in [6.07, 6.45) is 1.77. The third kappa shape index (κ3) is 4.84. The van der Waals surface area contributed by atoms with E-state index in [2.05, 4.69) is 43.0 Å². The number of aromatic nitrogens is 2. The topological polar surface area (TPSA) is 70.2 Å². The van der Waals surface area contributed by atoms with Crippen LogP contribution in [0, 0.1) is 0 Å². The summed E-state index contributed by atoms with van der Waals surface area (Å²) in [7, 11) is 3.47. The normalized spacial score (nSPS) is 17.8. The second-order valence-electron chi connectivity index (χ2n) is 10.2. The molecule has 1 amide bonds. The largest absolute Gasteiger partial charge is 0.496 e. The van der Waals surface area contributed by atoms with Crippen LogP contribution in [0.4, 0.5) is 0 Å². The maximum Gasteiger partial charge on any atom is 0.253 e. The zero-order valence-corrected chi connectivity index (χ0v) is 21.4. The van der Waals surface area contributed by atoms with Crippen molar-refractivity contribution in [3.8, 4) is 17.1 Å². The van der Waals surface area contributed by atoms with Gasteiger partial charge in [-0.05, 0) is 70.9 Å². The van der Waals surface area contributed by atoms with Crippen molar-refractivity contribution in [2.24, 2.45) is 0 Å². The summed E-state index contributed by atoms with van der Waals surface area (Å²) in [5.74, 6) is 1.16. The van der Waals surface area contributed by atoms with Crippen molar-refractivity contribution in [3.63, 3.8) is 0 Å². The van der Waals surface area contributed by atoms with Crippen molar-refractivity contribution in [1.29, 1.82) is 0 Å². The van der Waals surface area contributed by atoms with Gasteiger partial charge in [0.25, 0.3) is 5.91 Å². The lowest BCUT2D eigenvalue weighted by molar-refractivity contribution is 0.0528. The first-order valence-corrected chi connectivity index (χ1v) is 11.7. The first-order valence-electron chi connectivity index (χ1n) is 11.0. The molecule has 6 nitrogen and oxygen atoms in total. The van der Waals surface area contributed by atoms with Gasteiger partial charge in [0.2, 0.25) is 0 Å². The van der Waals surface area contributed by atoms with Crippen LogP contribution < -0.4 is 10.1 Å². The van der Waals surface area contributed by atoms with E-state index in [0.29, 0.717) is 32.7 Å². The summed E-state index contributed by atoms with van der Waals surface area (Å²) >= 11 is 12.3. The molecular formula is C25H30Cl2N4O2. The maximum absolute atomic E-state index is 13.4. The van der Waals surface area contributed by atoms with Gasteiger partial charge in [0.05, 0.1) is 33.8 Å². The molecule has 0 aliphatic carbocycles. The Bertz CT molecular complexity index is 1160. The van der Waals surface area contributed by atoms with Crippen LogP contribution in [-0.4, -0.2) is 52.1 Å². The van der Waals surface area contributed by atoms with E-state index in [9.17, 15) is 4.79 Å². The number of ether oxygens (including phenoxy) is 1. The number of methoxy groups -OCH3 is 1. The molecule has 33 heavy (non-hydrogen) atoms. The van der Waals surface area contributed by atoms with Gasteiger partial charge in [0.15, 0.2) is 0 Å². The average molecular weight is 489 g/mol. The van der Waals surface area contributed by atoms with E-state index in [1.54, 1.807) is 25.3 Å². The standard InChI is InChI=1S/C25H30Cl2N4O2/c1-24(2)12-15(13-25(3,4)30-24)31(5)23(32)14-7-8-16(21(9-14)33-6)22-28-19-10-17(26)18(27)11-20(19)29-22/h7-11,15,30H,12-13H2,1-6H3,(H,28,29). The number of fused-ring (bicyclic) bond motifs is 1. The molecule has 1 aliphatic rings. The number of amides is 1. The van der Waals surface area contributed by atoms with Crippen molar-refractivity contribution in [3.05, 3.63) is 45.9 Å². The molecule has 0 unspecified atom stereocenters. The number of halogens is 2. The van der Waals surface area contributed by atoms with Gasteiger partial charge < -0.3 is 19.9 Å². The zero-order valence-electron chi connectivity index (χ0n) is 19.8. The third-order valence-corrected chi connectivity index (χ3v) is 6.99. The molecule has 3 aromatic rings. The molecule has 0 spiro atoms. The van der Waals surface area contributed by atoms with Gasteiger partial charge in [0, 0.05) is 29.7 Å². The summed E-state index contributed by atoms with van der Waals surface area (Å²) in [5, 5.41) is 4.58. The number of imidazole rings is 1. The van der Waals surface area contributed by atoms with Crippen LogP contribution in [-0.2, 0) is 0 Å². The molecule has 0 radical (unpaired) electrons. The molecule has 0 atom stereocenters. The highest BCUT2D eigenvalue weighted by Crippen LogP contribution is 2.35. The molecule has 8 heteroatoms. The lowest BCUT2D eigenvalue weighted by Gasteiger charge is -2.49. The predicted octanol–water partition coefficient (Wildman–Crippen LogP) is 5.93. The Morgan fingerprint density at radius 1 is 1.09 bits per heavy atom. The van der Waals surface area contributed by atoms with Gasteiger partial charge in [-0.2, -0.15) is 0 Å². The summed E-state index contributed by atoms with van der Waals surface area (Å²) in [6.45, 7) is 8.74. The van der Waals surface area contributed by atoms with Crippen LogP contribution in [0.15, 0.2) is 30.3 Å². The minimum absolute atomic E-state index is 0.0264. The minimum Gasteiger partial charge on any atom is -0.496 e. The van der Waals surface area contributed by atoms with Gasteiger partial charge in [-0.3, -0.25) is 4.79 Å². The van der Waals surface area contributed by atoms with E-state index < -0.39 is 0 Å². The van der Waals surface area contributed by atoms with Crippen molar-refractivity contribution in [2.45, 2.75) is 57.7 Å². The third-order valence-electron chi connectivity index (χ3n) is 6.26. The molecule has 1 aliphatic heterocycles. The Balaban J connectivity index is 1.63. The highest BCUT2D eigenvalue weighted by atomic mass is 35.5. The summed E-state index contributed by atoms with van der Waals surface area (Å²) in [5.41, 5.74) is 2.72. The van der Waals surface area contributed by atoms with E-state index >= 15 is 0 Å². The molecule has 4 rings (SSSR count). The van der Waals surface area contributed by atoms with E-state index in [0.717, 1.165) is 23.9 Å². The quantitative estimate of drug-likeness (QED) is 0.477. The van der Waals surface area contributed by atoms with Crippen LogP contribution in [0.3, 0.4) is 0 Å². The molecule has 176 valence electrons. The van der Waals surface area contributed by atoms with Crippen molar-refractivity contribution >= 4 is 40.1 Å². The minimum atomic E-state index is -0.0460. The van der Waals surface area contributed by atoms with Crippen molar-refractivity contribution < 1.29 is 9.53 Å². The number of aromatic amines is 1. The fraction of sp³-hybridized carbons (Fsp3) is 0.440. The SMILES string of the molecule is COc1cc(C(=O)N(C)C2CC(C)(C)NC(C)(C)C2)ccc1-c1nc2cc(Cl)c(Cl)cc2[nH]1. The number of benzene rings is 2. The van der Waals surface area contributed by atoms with Gasteiger partial charge >= 0.3 is 0 Å². The number of rotatable bonds is 4. The number of piperidine rings is 1. The first-order chi connectivity index (χ1) is 15.4. The number of nitrogens with one attached hydrogen (secondary N) is 2. The number of carbonyl (C=O) groups excluding carboxylic acids is 1. The van der Waals surface area contributed by atoms with E-state index in [-0.39, 0.29) is 23.0 Å². The second-order valence-corrected chi connectivity index (χ2v) is 11.0. The lowest BCUT2D eigenvalue weighted by atomic mass is 9.79. The number of hydrogen-bond acceptors (Lipinski definition) is 4. The van der Waals surface area contributed by atoms with E-state index in [4.69, 9.17) is 27.9 Å². The van der Waals surface area contributed by atoms with Crippen LogP contribution in [0.5, 0.6) is 5.75 Å². The Hall–Kier alpha value is -2.28. The highest BCUT2D eigenvalue weighted by Gasteiger charge is 2.40. The van der Waals surface area contributed by atoms with Gasteiger partial charge in [-0.1, -0.05) is 23.2 Å². The first kappa shape index (κ1) is 23.9. The van der Waals surface area contributed by atoms with Crippen molar-refractivity contribution in [1.82, 2.24) is 20.2 Å². The molecule has 2 N–H and O–H groups in total. The predicted molar refractivity (Wildman–Crippen MR) is 135 cm³/mol. The fourth-order valence-corrected chi connectivity index (χ4v) is 5.39. The van der Waals surface area contributed by atoms with Crippen LogP contribution in [0.25, 0.3) is 22.4 Å². The second kappa shape index (κ2) is 8.49. The fourth-order valence-electron chi connectivity index (χ4n) is 5.06. The zero-order chi connectivity index (χ0) is 24.1. The Labute approximate surface area is 204 Å². The van der Waals surface area contributed by atoms with Crippen LogP contribution in [0.1, 0.15) is 50.9 Å². The summed E-state index contributed by atoms with van der Waals surface area (Å²) < 4.78 is 5.63. The van der Waals surface area contributed by atoms with E-state index in [1.165, 1.54) is 0 Å². The maximum atomic E-state index is 13.4. The molecule has 1 aromatic heterocycles. The number of H-pyrrole nitrogens is 1. The summed E-state index contributed by atoms with van der Waals surface area (Å²) in [6, 6.07) is 9.06.